The molecule has 29 heavy (non-hydrogen) atoms. The minimum Gasteiger partial charge on any atom is -0.491 e. The topological polar surface area (TPSA) is 116 Å². The summed E-state index contributed by atoms with van der Waals surface area (Å²) in [5.74, 6) is 6.44. The van der Waals surface area contributed by atoms with Gasteiger partial charge in [-0.15, -0.1) is 0 Å². The van der Waals surface area contributed by atoms with Gasteiger partial charge in [0.2, 0.25) is 0 Å². The van der Waals surface area contributed by atoms with Crippen LogP contribution >= 0.6 is 0 Å². The summed E-state index contributed by atoms with van der Waals surface area (Å²) in [6, 6.07) is 8.71. The maximum absolute atomic E-state index is 11.6. The highest BCUT2D eigenvalue weighted by molar-refractivity contribution is 5.91. The Labute approximate surface area is 167 Å². The molecule has 148 valence electrons. The molecule has 1 aromatic carbocycles. The Bertz CT molecular complexity index is 1160. The summed E-state index contributed by atoms with van der Waals surface area (Å²) in [5, 5.41) is 18.8. The number of primary amides is 1. The third-order valence-corrected chi connectivity index (χ3v) is 4.75. The molecule has 1 amide bonds. The zero-order valence-electron chi connectivity index (χ0n) is 16.3. The monoisotopic (exact) mass is 392 g/mol. The predicted molar refractivity (Wildman–Crippen MR) is 104 cm³/mol. The fraction of sp³-hybridized carbons (Fsp3) is 0.286. The standard InChI is InChI=1S/C21H20N4O4/c1-12-11-28-18-5-4-14(6-7-21(3,27)19-8-13(2)29-24-19)9-17(18)25-16(12)10-15(23-25)20(22)26/h4-5,8-10,12,27H,11H2,1-3H3,(H2,22,26)/t12?,21-/m0/s1. The summed E-state index contributed by atoms with van der Waals surface area (Å²) in [6.07, 6.45) is 0. The number of carbonyl (C=O) groups excluding carboxylic acids is 1. The summed E-state index contributed by atoms with van der Waals surface area (Å²) >= 11 is 0. The second-order valence-electron chi connectivity index (χ2n) is 7.27. The summed E-state index contributed by atoms with van der Waals surface area (Å²) in [6.45, 7) is 5.73. The Hall–Kier alpha value is -3.57. The van der Waals surface area contributed by atoms with Crippen LogP contribution in [0.2, 0.25) is 0 Å². The number of aliphatic hydroxyl groups is 1. The van der Waals surface area contributed by atoms with E-state index in [2.05, 4.69) is 22.1 Å². The van der Waals surface area contributed by atoms with Crippen LogP contribution in [-0.2, 0) is 5.60 Å². The Kier molecular flexibility index (Phi) is 4.40. The summed E-state index contributed by atoms with van der Waals surface area (Å²) in [5.41, 5.74) is 6.60. The number of hydrogen-bond donors (Lipinski definition) is 2. The van der Waals surface area contributed by atoms with Gasteiger partial charge < -0.3 is 20.1 Å². The molecule has 8 nitrogen and oxygen atoms in total. The largest absolute Gasteiger partial charge is 0.491 e. The number of rotatable bonds is 2. The third kappa shape index (κ3) is 3.48. The van der Waals surface area contributed by atoms with Crippen LogP contribution in [0.5, 0.6) is 5.75 Å². The Morgan fingerprint density at radius 1 is 1.38 bits per heavy atom. The number of aromatic nitrogens is 3. The van der Waals surface area contributed by atoms with Crippen LogP contribution in [0.3, 0.4) is 0 Å². The van der Waals surface area contributed by atoms with Crippen LogP contribution in [0.1, 0.15) is 53.0 Å². The van der Waals surface area contributed by atoms with Crippen LogP contribution in [0.25, 0.3) is 5.69 Å². The van der Waals surface area contributed by atoms with Crippen LogP contribution in [0.15, 0.2) is 34.9 Å². The van der Waals surface area contributed by atoms with E-state index >= 15 is 0 Å². The van der Waals surface area contributed by atoms with Crippen molar-refractivity contribution in [3.63, 3.8) is 0 Å². The summed E-state index contributed by atoms with van der Waals surface area (Å²) in [4.78, 5) is 11.6. The van der Waals surface area contributed by atoms with Gasteiger partial charge in [-0.05, 0) is 38.1 Å². The first-order valence-corrected chi connectivity index (χ1v) is 9.11. The van der Waals surface area contributed by atoms with E-state index in [-0.39, 0.29) is 11.6 Å². The Balaban J connectivity index is 1.76. The molecule has 2 aromatic heterocycles. The lowest BCUT2D eigenvalue weighted by Gasteiger charge is -2.12. The van der Waals surface area contributed by atoms with E-state index in [1.807, 2.05) is 6.92 Å². The predicted octanol–water partition coefficient (Wildman–Crippen LogP) is 2.02. The average molecular weight is 392 g/mol. The van der Waals surface area contributed by atoms with Crippen LogP contribution in [0, 0.1) is 18.8 Å². The number of amides is 1. The molecule has 4 rings (SSSR count). The van der Waals surface area contributed by atoms with E-state index < -0.39 is 11.5 Å². The second-order valence-corrected chi connectivity index (χ2v) is 7.27. The number of nitrogens with zero attached hydrogens (tertiary/aromatic N) is 3. The molecule has 2 atom stereocenters. The van der Waals surface area contributed by atoms with E-state index in [1.165, 1.54) is 0 Å². The van der Waals surface area contributed by atoms with Gasteiger partial charge in [-0.1, -0.05) is 23.9 Å². The molecule has 8 heteroatoms. The number of ether oxygens (including phenoxy) is 1. The van der Waals surface area contributed by atoms with E-state index in [9.17, 15) is 9.90 Å². The van der Waals surface area contributed by atoms with Gasteiger partial charge >= 0.3 is 0 Å². The maximum Gasteiger partial charge on any atom is 0.269 e. The zero-order chi connectivity index (χ0) is 20.8. The fourth-order valence-corrected chi connectivity index (χ4v) is 3.10. The molecule has 0 saturated heterocycles. The van der Waals surface area contributed by atoms with Crippen molar-refractivity contribution in [1.82, 2.24) is 14.9 Å². The lowest BCUT2D eigenvalue weighted by molar-refractivity contribution is 0.0995. The highest BCUT2D eigenvalue weighted by Gasteiger charge is 2.26. The lowest BCUT2D eigenvalue weighted by atomic mass is 10.0. The maximum atomic E-state index is 11.6. The second kappa shape index (κ2) is 6.79. The highest BCUT2D eigenvalue weighted by atomic mass is 16.5. The normalized spacial score (nSPS) is 17.0. The molecule has 0 fully saturated rings. The number of fused-ring (bicyclic) bond motifs is 3. The molecular formula is C21H20N4O4. The van der Waals surface area contributed by atoms with E-state index in [0.717, 1.165) is 5.69 Å². The first-order chi connectivity index (χ1) is 13.7. The number of benzene rings is 1. The van der Waals surface area contributed by atoms with Crippen LogP contribution in [0.4, 0.5) is 0 Å². The van der Waals surface area contributed by atoms with Crippen LogP contribution < -0.4 is 10.5 Å². The molecule has 0 bridgehead atoms. The molecule has 0 aliphatic carbocycles. The number of nitrogens with two attached hydrogens (primary N) is 1. The van der Waals surface area contributed by atoms with Crippen LogP contribution in [-0.4, -0.2) is 32.6 Å². The van der Waals surface area contributed by atoms with Gasteiger partial charge in [0.05, 0.1) is 12.3 Å². The molecule has 0 radical (unpaired) electrons. The van der Waals surface area contributed by atoms with Gasteiger partial charge in [0.1, 0.15) is 22.9 Å². The Morgan fingerprint density at radius 2 is 2.17 bits per heavy atom. The van der Waals surface area contributed by atoms with E-state index in [0.29, 0.717) is 35.1 Å². The molecule has 0 saturated carbocycles. The van der Waals surface area contributed by atoms with Crippen molar-refractivity contribution in [2.24, 2.45) is 5.73 Å². The molecule has 3 heterocycles. The Morgan fingerprint density at radius 3 is 2.86 bits per heavy atom. The summed E-state index contributed by atoms with van der Waals surface area (Å²) in [7, 11) is 0. The minimum absolute atomic E-state index is 0.0219. The fourth-order valence-electron chi connectivity index (χ4n) is 3.10. The van der Waals surface area contributed by atoms with Gasteiger partial charge in [-0.2, -0.15) is 5.10 Å². The molecule has 3 aromatic rings. The van der Waals surface area contributed by atoms with Gasteiger partial charge in [0.15, 0.2) is 11.3 Å². The average Bonchev–Trinajstić information content (AvgIpc) is 3.29. The molecule has 3 N–H and O–H groups in total. The lowest BCUT2D eigenvalue weighted by Crippen LogP contribution is -2.18. The van der Waals surface area contributed by atoms with Gasteiger partial charge in [0.25, 0.3) is 5.91 Å². The van der Waals surface area contributed by atoms with E-state index in [1.54, 1.807) is 48.9 Å². The first-order valence-electron chi connectivity index (χ1n) is 9.11. The highest BCUT2D eigenvalue weighted by Crippen LogP contribution is 2.32. The van der Waals surface area contributed by atoms with Crippen molar-refractivity contribution in [2.45, 2.75) is 32.3 Å². The van der Waals surface area contributed by atoms with Crippen molar-refractivity contribution in [1.29, 1.82) is 0 Å². The van der Waals surface area contributed by atoms with Crippen molar-refractivity contribution in [3.8, 4) is 23.3 Å². The van der Waals surface area contributed by atoms with Gasteiger partial charge in [-0.3, -0.25) is 4.79 Å². The number of carbonyl (C=O) groups is 1. The zero-order valence-corrected chi connectivity index (χ0v) is 16.3. The molecular weight excluding hydrogens is 372 g/mol. The van der Waals surface area contributed by atoms with Crippen molar-refractivity contribution >= 4 is 5.91 Å². The quantitative estimate of drug-likeness (QED) is 0.645. The SMILES string of the molecule is Cc1cc([C@@](C)(O)C#Cc2ccc3c(c2)-n2nc(C(N)=O)cc2C(C)CO3)no1. The smallest absolute Gasteiger partial charge is 0.269 e. The number of aryl methyl sites for hydroxylation is 1. The van der Waals surface area contributed by atoms with E-state index in [4.69, 9.17) is 15.0 Å². The molecule has 1 unspecified atom stereocenters. The number of hydrogen-bond acceptors (Lipinski definition) is 6. The van der Waals surface area contributed by atoms with Gasteiger partial charge in [-0.25, -0.2) is 4.68 Å². The molecule has 1 aliphatic heterocycles. The first kappa shape index (κ1) is 18.8. The van der Waals surface area contributed by atoms with Gasteiger partial charge in [0, 0.05) is 17.5 Å². The van der Waals surface area contributed by atoms with Crippen molar-refractivity contribution < 1.29 is 19.2 Å². The molecule has 0 spiro atoms. The van der Waals surface area contributed by atoms with Crippen molar-refractivity contribution in [3.05, 3.63) is 58.7 Å². The molecule has 1 aliphatic rings. The summed E-state index contributed by atoms with van der Waals surface area (Å²) < 4.78 is 12.6. The third-order valence-electron chi connectivity index (χ3n) is 4.75. The van der Waals surface area contributed by atoms with Crippen molar-refractivity contribution in [2.75, 3.05) is 6.61 Å². The minimum atomic E-state index is -1.47.